The Balaban J connectivity index is 2.23. The Morgan fingerprint density at radius 1 is 1.39 bits per heavy atom. The number of tetrazole rings is 1. The van der Waals surface area contributed by atoms with E-state index in [4.69, 9.17) is 5.73 Å². The van der Waals surface area contributed by atoms with Gasteiger partial charge in [-0.3, -0.25) is 4.79 Å². The smallest absolute Gasteiger partial charge is 0.248 e. The minimum absolute atomic E-state index is 0.452. The van der Waals surface area contributed by atoms with Crippen molar-refractivity contribution < 1.29 is 4.79 Å². The predicted molar refractivity (Wildman–Crippen MR) is 66.6 cm³/mol. The van der Waals surface area contributed by atoms with Crippen molar-refractivity contribution in [1.29, 1.82) is 0 Å². The van der Waals surface area contributed by atoms with Gasteiger partial charge in [-0.25, -0.2) is 0 Å². The summed E-state index contributed by atoms with van der Waals surface area (Å²) < 4.78 is 0. The summed E-state index contributed by atoms with van der Waals surface area (Å²) >= 11 is 0. The highest BCUT2D eigenvalue weighted by Gasteiger charge is 2.07. The van der Waals surface area contributed by atoms with E-state index in [0.29, 0.717) is 17.9 Å². The number of hydrogen-bond donors (Lipinski definition) is 1. The molecule has 0 fully saturated rings. The van der Waals surface area contributed by atoms with E-state index in [9.17, 15) is 4.79 Å². The third kappa shape index (κ3) is 2.60. The summed E-state index contributed by atoms with van der Waals surface area (Å²) in [5.74, 6) is 0.0488. The lowest BCUT2D eigenvalue weighted by Crippen LogP contribution is -2.10. The van der Waals surface area contributed by atoms with E-state index in [1.165, 1.54) is 4.80 Å². The Kier molecular flexibility index (Phi) is 3.18. The lowest BCUT2D eigenvalue weighted by molar-refractivity contribution is 0.100. The first-order valence-corrected chi connectivity index (χ1v) is 5.38. The normalized spacial score (nSPS) is 10.3. The van der Waals surface area contributed by atoms with Gasteiger partial charge in [0.1, 0.15) is 0 Å². The number of rotatable bonds is 4. The van der Waals surface area contributed by atoms with Gasteiger partial charge < -0.3 is 5.73 Å². The number of carbonyl (C=O) groups is 1. The van der Waals surface area contributed by atoms with Crippen molar-refractivity contribution >= 4 is 5.91 Å². The van der Waals surface area contributed by atoms with E-state index in [-0.39, 0.29) is 0 Å². The van der Waals surface area contributed by atoms with Crippen molar-refractivity contribution in [1.82, 2.24) is 20.2 Å². The molecular formula is C12H13N5O. The molecule has 0 aliphatic rings. The lowest BCUT2D eigenvalue weighted by Gasteiger charge is -1.97. The van der Waals surface area contributed by atoms with Crippen LogP contribution < -0.4 is 5.73 Å². The third-order valence-electron chi connectivity index (χ3n) is 2.29. The summed E-state index contributed by atoms with van der Waals surface area (Å²) in [5.41, 5.74) is 7.35. The van der Waals surface area contributed by atoms with Crippen LogP contribution in [0.5, 0.6) is 0 Å². The minimum Gasteiger partial charge on any atom is -0.366 e. The number of allylic oxidation sites excluding steroid dienone is 1. The molecule has 0 aliphatic carbocycles. The molecule has 1 heterocycles. The van der Waals surface area contributed by atoms with E-state index < -0.39 is 5.91 Å². The Labute approximate surface area is 104 Å². The zero-order valence-electron chi connectivity index (χ0n) is 10.00. The number of benzene rings is 1. The van der Waals surface area contributed by atoms with E-state index in [1.54, 1.807) is 24.3 Å². The topological polar surface area (TPSA) is 86.7 Å². The molecule has 0 radical (unpaired) electrons. The van der Waals surface area contributed by atoms with Gasteiger partial charge in [0.25, 0.3) is 0 Å². The van der Waals surface area contributed by atoms with Crippen molar-refractivity contribution in [3.05, 3.63) is 42.0 Å². The van der Waals surface area contributed by atoms with Gasteiger partial charge in [0.15, 0.2) is 0 Å². The SMILES string of the molecule is C=C(C)Cn1nnc(-c2ccc(C(N)=O)cc2)n1. The first-order chi connectivity index (χ1) is 8.56. The maximum Gasteiger partial charge on any atom is 0.248 e. The van der Waals surface area contributed by atoms with Crippen molar-refractivity contribution in [2.75, 3.05) is 0 Å². The van der Waals surface area contributed by atoms with Gasteiger partial charge >= 0.3 is 0 Å². The van der Waals surface area contributed by atoms with Crippen LogP contribution in [0.1, 0.15) is 17.3 Å². The zero-order chi connectivity index (χ0) is 13.1. The molecule has 2 rings (SSSR count). The average Bonchev–Trinajstić information content (AvgIpc) is 2.76. The molecule has 6 heteroatoms. The van der Waals surface area contributed by atoms with Crippen LogP contribution in [-0.4, -0.2) is 26.1 Å². The summed E-state index contributed by atoms with van der Waals surface area (Å²) in [7, 11) is 0. The molecule has 1 aromatic carbocycles. The summed E-state index contributed by atoms with van der Waals surface area (Å²) in [6.45, 7) is 6.21. The average molecular weight is 243 g/mol. The van der Waals surface area contributed by atoms with Gasteiger partial charge in [0.2, 0.25) is 11.7 Å². The van der Waals surface area contributed by atoms with Crippen LogP contribution in [0.2, 0.25) is 0 Å². The molecule has 18 heavy (non-hydrogen) atoms. The van der Waals surface area contributed by atoms with E-state index in [1.807, 2.05) is 6.92 Å². The van der Waals surface area contributed by atoms with Crippen LogP contribution in [-0.2, 0) is 6.54 Å². The van der Waals surface area contributed by atoms with Crippen LogP contribution in [0.25, 0.3) is 11.4 Å². The largest absolute Gasteiger partial charge is 0.366 e. The van der Waals surface area contributed by atoms with Gasteiger partial charge in [0, 0.05) is 11.1 Å². The molecule has 0 unspecified atom stereocenters. The Bertz CT molecular complexity index is 585. The summed E-state index contributed by atoms with van der Waals surface area (Å²) in [6.07, 6.45) is 0. The molecule has 0 aliphatic heterocycles. The molecule has 92 valence electrons. The van der Waals surface area contributed by atoms with E-state index in [2.05, 4.69) is 22.0 Å². The predicted octanol–water partition coefficient (Wildman–Crippen LogP) is 1.02. The van der Waals surface area contributed by atoms with Crippen molar-refractivity contribution in [2.24, 2.45) is 5.73 Å². The molecule has 6 nitrogen and oxygen atoms in total. The third-order valence-corrected chi connectivity index (χ3v) is 2.29. The first kappa shape index (κ1) is 12.0. The van der Waals surface area contributed by atoms with Gasteiger partial charge in [-0.1, -0.05) is 24.3 Å². The number of aromatic nitrogens is 4. The number of carbonyl (C=O) groups excluding carboxylic acids is 1. The van der Waals surface area contributed by atoms with Crippen LogP contribution in [0, 0.1) is 0 Å². The maximum absolute atomic E-state index is 10.9. The van der Waals surface area contributed by atoms with Crippen LogP contribution in [0.15, 0.2) is 36.4 Å². The summed E-state index contributed by atoms with van der Waals surface area (Å²) in [4.78, 5) is 12.4. The molecule has 0 bridgehead atoms. The number of hydrogen-bond acceptors (Lipinski definition) is 4. The lowest BCUT2D eigenvalue weighted by atomic mass is 10.1. The fourth-order valence-electron chi connectivity index (χ4n) is 1.45. The standard InChI is InChI=1S/C12H13N5O/c1-8(2)7-17-15-12(14-16-17)10-5-3-9(4-6-10)11(13)18/h3-6H,1,7H2,2H3,(H2,13,18). The van der Waals surface area contributed by atoms with Crippen LogP contribution >= 0.6 is 0 Å². The second-order valence-electron chi connectivity index (χ2n) is 4.04. The van der Waals surface area contributed by atoms with Gasteiger partial charge in [-0.2, -0.15) is 4.80 Å². The number of amides is 1. The molecule has 0 spiro atoms. The number of nitrogens with zero attached hydrogens (tertiary/aromatic N) is 4. The molecule has 1 aromatic heterocycles. The monoisotopic (exact) mass is 243 g/mol. The highest BCUT2D eigenvalue weighted by Crippen LogP contribution is 2.14. The highest BCUT2D eigenvalue weighted by atomic mass is 16.1. The second-order valence-corrected chi connectivity index (χ2v) is 4.04. The van der Waals surface area contributed by atoms with Gasteiger partial charge in [0.05, 0.1) is 6.54 Å². The maximum atomic E-state index is 10.9. The quantitative estimate of drug-likeness (QED) is 0.812. The fourth-order valence-corrected chi connectivity index (χ4v) is 1.45. The second kappa shape index (κ2) is 4.79. The van der Waals surface area contributed by atoms with E-state index in [0.717, 1.165) is 11.1 Å². The molecule has 0 saturated carbocycles. The van der Waals surface area contributed by atoms with Crippen LogP contribution in [0.4, 0.5) is 0 Å². The van der Waals surface area contributed by atoms with E-state index >= 15 is 0 Å². The minimum atomic E-state index is -0.458. The molecule has 2 N–H and O–H groups in total. The van der Waals surface area contributed by atoms with Crippen molar-refractivity contribution in [3.63, 3.8) is 0 Å². The molecule has 0 saturated heterocycles. The van der Waals surface area contributed by atoms with Crippen molar-refractivity contribution in [2.45, 2.75) is 13.5 Å². The molecular weight excluding hydrogens is 230 g/mol. The van der Waals surface area contributed by atoms with Crippen LogP contribution in [0.3, 0.4) is 0 Å². The molecule has 2 aromatic rings. The van der Waals surface area contributed by atoms with Gasteiger partial charge in [-0.05, 0) is 24.3 Å². The highest BCUT2D eigenvalue weighted by molar-refractivity contribution is 5.93. The number of nitrogens with two attached hydrogens (primary N) is 1. The Hall–Kier alpha value is -2.50. The summed E-state index contributed by atoms with van der Waals surface area (Å²) in [5, 5.41) is 12.1. The Morgan fingerprint density at radius 2 is 2.06 bits per heavy atom. The fraction of sp³-hybridized carbons (Fsp3) is 0.167. The summed E-state index contributed by atoms with van der Waals surface area (Å²) in [6, 6.07) is 6.75. The Morgan fingerprint density at radius 3 is 2.61 bits per heavy atom. The number of primary amides is 1. The van der Waals surface area contributed by atoms with Gasteiger partial charge in [-0.15, -0.1) is 10.2 Å². The van der Waals surface area contributed by atoms with Crippen molar-refractivity contribution in [3.8, 4) is 11.4 Å². The first-order valence-electron chi connectivity index (χ1n) is 5.38. The zero-order valence-corrected chi connectivity index (χ0v) is 10.00. The molecule has 1 amide bonds. The molecule has 0 atom stereocenters.